The molecule has 0 saturated heterocycles. The maximum Gasteiger partial charge on any atom is 0.416 e. The first-order valence-corrected chi connectivity index (χ1v) is 12.4. The fraction of sp³-hybridized carbons (Fsp3) is 0.600. The van der Waals surface area contributed by atoms with Crippen LogP contribution in [0.25, 0.3) is 0 Å². The van der Waals surface area contributed by atoms with E-state index >= 15 is 0 Å². The van der Waals surface area contributed by atoms with Crippen molar-refractivity contribution in [3.8, 4) is 0 Å². The van der Waals surface area contributed by atoms with Crippen LogP contribution in [0.3, 0.4) is 0 Å². The zero-order valence-electron chi connectivity index (χ0n) is 18.1. The molecule has 0 heterocycles. The Bertz CT molecular complexity index is 729. The molecule has 0 bridgehead atoms. The zero-order valence-corrected chi connectivity index (χ0v) is 19.1. The minimum absolute atomic E-state index is 0.0263. The predicted molar refractivity (Wildman–Crippen MR) is 108 cm³/mol. The number of benzene rings is 1. The lowest BCUT2D eigenvalue weighted by Crippen LogP contribution is -2.46. The molecule has 170 valence electrons. The molecule has 0 spiro atoms. The van der Waals surface area contributed by atoms with Crippen LogP contribution in [0, 0.1) is 0 Å². The van der Waals surface area contributed by atoms with E-state index in [2.05, 4.69) is 26.1 Å². The van der Waals surface area contributed by atoms with Gasteiger partial charge in [-0.25, -0.2) is 4.79 Å². The van der Waals surface area contributed by atoms with Gasteiger partial charge in [0.15, 0.2) is 14.4 Å². The number of carbonyl (C=O) groups is 2. The van der Waals surface area contributed by atoms with Crippen LogP contribution in [-0.2, 0) is 24.9 Å². The first-order valence-electron chi connectivity index (χ1n) is 9.47. The van der Waals surface area contributed by atoms with E-state index in [1.165, 1.54) is 7.11 Å². The van der Waals surface area contributed by atoms with Crippen LogP contribution in [0.5, 0.6) is 0 Å². The van der Waals surface area contributed by atoms with E-state index in [1.54, 1.807) is 0 Å². The van der Waals surface area contributed by atoms with E-state index in [0.29, 0.717) is 0 Å². The van der Waals surface area contributed by atoms with Gasteiger partial charge >= 0.3 is 12.1 Å². The quantitative estimate of drug-likeness (QED) is 0.466. The highest BCUT2D eigenvalue weighted by Gasteiger charge is 2.37. The second-order valence-electron chi connectivity index (χ2n) is 8.50. The molecule has 0 unspecified atom stereocenters. The van der Waals surface area contributed by atoms with Gasteiger partial charge in [-0.15, -0.1) is 0 Å². The molecule has 1 rings (SSSR count). The van der Waals surface area contributed by atoms with Crippen molar-refractivity contribution in [2.24, 2.45) is 0 Å². The van der Waals surface area contributed by atoms with Crippen molar-refractivity contribution < 1.29 is 37.0 Å². The van der Waals surface area contributed by atoms with Crippen molar-refractivity contribution in [2.75, 3.05) is 13.7 Å². The van der Waals surface area contributed by atoms with Crippen LogP contribution in [0.4, 0.5) is 13.2 Å². The Morgan fingerprint density at radius 1 is 1.13 bits per heavy atom. The second kappa shape index (κ2) is 9.93. The number of alkyl halides is 3. The predicted octanol–water partition coefficient (Wildman–Crippen LogP) is 3.81. The highest BCUT2D eigenvalue weighted by Crippen LogP contribution is 2.36. The van der Waals surface area contributed by atoms with E-state index in [9.17, 15) is 27.9 Å². The molecule has 0 fully saturated rings. The van der Waals surface area contributed by atoms with Crippen LogP contribution in [-0.4, -0.2) is 45.1 Å². The van der Waals surface area contributed by atoms with Crippen molar-refractivity contribution in [1.82, 2.24) is 5.32 Å². The molecule has 0 radical (unpaired) electrons. The van der Waals surface area contributed by atoms with Gasteiger partial charge in [0.05, 0.1) is 12.7 Å². The van der Waals surface area contributed by atoms with Gasteiger partial charge in [-0.05, 0) is 35.8 Å². The standard InChI is InChI=1S/C20H30F3NO5Si/c1-19(2,3)30(5,6)29-12-11-15(18(27)28-4)24-17(26)16(25)13-7-9-14(10-8-13)20(21,22)23/h7-10,15-16,25H,11-12H2,1-6H3,(H,24,26)/t15-,16+/m1/s1. The summed E-state index contributed by atoms with van der Waals surface area (Å²) in [5.41, 5.74) is -0.921. The third-order valence-electron chi connectivity index (χ3n) is 5.28. The Kier molecular flexibility index (Phi) is 8.65. The number of hydrogen-bond donors (Lipinski definition) is 2. The van der Waals surface area contributed by atoms with Crippen LogP contribution in [0.1, 0.15) is 44.4 Å². The summed E-state index contributed by atoms with van der Waals surface area (Å²) in [5.74, 6) is -1.63. The number of amides is 1. The van der Waals surface area contributed by atoms with E-state index < -0.39 is 44.1 Å². The van der Waals surface area contributed by atoms with Crippen molar-refractivity contribution in [3.63, 3.8) is 0 Å². The Hall–Kier alpha value is -1.91. The molecule has 30 heavy (non-hydrogen) atoms. The Balaban J connectivity index is 2.80. The summed E-state index contributed by atoms with van der Waals surface area (Å²) in [7, 11) is -0.889. The molecule has 1 amide bonds. The van der Waals surface area contributed by atoms with Crippen LogP contribution in [0.2, 0.25) is 18.1 Å². The topological polar surface area (TPSA) is 84.9 Å². The molecule has 0 saturated carbocycles. The van der Waals surface area contributed by atoms with Crippen molar-refractivity contribution in [1.29, 1.82) is 0 Å². The SMILES string of the molecule is COC(=O)[C@@H](CCO[Si](C)(C)C(C)(C)C)NC(=O)[C@@H](O)c1ccc(C(F)(F)F)cc1. The van der Waals surface area contributed by atoms with E-state index in [1.807, 2.05) is 13.1 Å². The fourth-order valence-corrected chi connectivity index (χ4v) is 3.36. The molecule has 2 N–H and O–H groups in total. The van der Waals surface area contributed by atoms with Crippen LogP contribution >= 0.6 is 0 Å². The molecule has 0 aromatic heterocycles. The van der Waals surface area contributed by atoms with Gasteiger partial charge in [-0.3, -0.25) is 4.79 Å². The zero-order chi connectivity index (χ0) is 23.3. The third kappa shape index (κ3) is 7.10. The molecule has 1 aromatic carbocycles. The van der Waals surface area contributed by atoms with Gasteiger partial charge in [-0.2, -0.15) is 13.2 Å². The van der Waals surface area contributed by atoms with Crippen molar-refractivity contribution >= 4 is 20.2 Å². The van der Waals surface area contributed by atoms with Gasteiger partial charge in [-0.1, -0.05) is 32.9 Å². The minimum Gasteiger partial charge on any atom is -0.467 e. The average Bonchev–Trinajstić information content (AvgIpc) is 2.64. The summed E-state index contributed by atoms with van der Waals surface area (Å²) in [6, 6.07) is 2.52. The summed E-state index contributed by atoms with van der Waals surface area (Å²) in [5, 5.41) is 12.5. The monoisotopic (exact) mass is 449 g/mol. The van der Waals surface area contributed by atoms with Gasteiger partial charge in [0.2, 0.25) is 0 Å². The van der Waals surface area contributed by atoms with Crippen LogP contribution in [0.15, 0.2) is 24.3 Å². The smallest absolute Gasteiger partial charge is 0.416 e. The van der Waals surface area contributed by atoms with Gasteiger partial charge in [0, 0.05) is 13.0 Å². The number of carbonyl (C=O) groups excluding carboxylic acids is 2. The lowest BCUT2D eigenvalue weighted by Gasteiger charge is -2.36. The largest absolute Gasteiger partial charge is 0.467 e. The molecule has 6 nitrogen and oxygen atoms in total. The maximum absolute atomic E-state index is 12.7. The van der Waals surface area contributed by atoms with E-state index in [4.69, 9.17) is 9.16 Å². The van der Waals surface area contributed by atoms with Crippen LogP contribution < -0.4 is 5.32 Å². The normalized spacial score (nSPS) is 14.7. The number of rotatable bonds is 8. The summed E-state index contributed by atoms with van der Waals surface area (Å²) in [6.45, 7) is 10.5. The summed E-state index contributed by atoms with van der Waals surface area (Å²) >= 11 is 0. The molecule has 0 aliphatic carbocycles. The summed E-state index contributed by atoms with van der Waals surface area (Å²) < 4.78 is 48.7. The molecular weight excluding hydrogens is 419 g/mol. The van der Waals surface area contributed by atoms with Gasteiger partial charge in [0.25, 0.3) is 5.91 Å². The number of ether oxygens (including phenoxy) is 1. The van der Waals surface area contributed by atoms with Gasteiger partial charge < -0.3 is 19.6 Å². The van der Waals surface area contributed by atoms with Gasteiger partial charge in [0.1, 0.15) is 6.04 Å². The summed E-state index contributed by atoms with van der Waals surface area (Å²) in [6.07, 6.45) is -6.13. The number of halogens is 3. The number of methoxy groups -OCH3 is 1. The molecule has 0 aliphatic heterocycles. The van der Waals surface area contributed by atoms with E-state index in [0.717, 1.165) is 24.3 Å². The Morgan fingerprint density at radius 2 is 1.67 bits per heavy atom. The minimum atomic E-state index is -4.52. The Morgan fingerprint density at radius 3 is 2.10 bits per heavy atom. The third-order valence-corrected chi connectivity index (χ3v) is 9.82. The first-order chi connectivity index (χ1) is 13.6. The maximum atomic E-state index is 12.7. The molecule has 2 atom stereocenters. The molecule has 1 aromatic rings. The number of esters is 1. The lowest BCUT2D eigenvalue weighted by molar-refractivity contribution is -0.146. The van der Waals surface area contributed by atoms with Crippen molar-refractivity contribution in [2.45, 2.75) is 63.6 Å². The highest BCUT2D eigenvalue weighted by atomic mass is 28.4. The summed E-state index contributed by atoms with van der Waals surface area (Å²) in [4.78, 5) is 24.4. The Labute approximate surface area is 175 Å². The number of hydrogen-bond acceptors (Lipinski definition) is 5. The van der Waals surface area contributed by atoms with E-state index in [-0.39, 0.29) is 23.6 Å². The average molecular weight is 450 g/mol. The lowest BCUT2D eigenvalue weighted by atomic mass is 10.1. The first kappa shape index (κ1) is 26.1. The number of nitrogens with one attached hydrogen (secondary N) is 1. The molecule has 0 aliphatic rings. The second-order valence-corrected chi connectivity index (χ2v) is 13.3. The van der Waals surface area contributed by atoms with Crippen molar-refractivity contribution in [3.05, 3.63) is 35.4 Å². The molecular formula is C20H30F3NO5Si. The highest BCUT2D eigenvalue weighted by molar-refractivity contribution is 6.74. The molecule has 10 heteroatoms. The fourth-order valence-electron chi connectivity index (χ4n) is 2.30. The number of aliphatic hydroxyl groups is 1. The number of aliphatic hydroxyl groups excluding tert-OH is 1.